The second kappa shape index (κ2) is 6.29. The molecule has 2 aliphatic rings. The first-order chi connectivity index (χ1) is 11.7. The van der Waals surface area contributed by atoms with E-state index in [-0.39, 0.29) is 17.9 Å². The molecule has 3 atom stereocenters. The Morgan fingerprint density at radius 1 is 1.50 bits per heavy atom. The van der Waals surface area contributed by atoms with Crippen LogP contribution in [-0.4, -0.2) is 45.7 Å². The van der Waals surface area contributed by atoms with E-state index >= 15 is 0 Å². The highest BCUT2D eigenvalue weighted by Gasteiger charge is 2.47. The summed E-state index contributed by atoms with van der Waals surface area (Å²) >= 11 is 1.81. The average Bonchev–Trinajstić information content (AvgIpc) is 3.04. The Morgan fingerprint density at radius 2 is 2.38 bits per heavy atom. The first-order valence-electron chi connectivity index (χ1n) is 8.53. The summed E-state index contributed by atoms with van der Waals surface area (Å²) in [5, 5.41) is 7.15. The maximum atomic E-state index is 12.8. The first-order valence-corrected chi connectivity index (χ1v) is 9.35. The number of hydrogen-bond donors (Lipinski definition) is 1. The predicted molar refractivity (Wildman–Crippen MR) is 90.9 cm³/mol. The van der Waals surface area contributed by atoms with Crippen molar-refractivity contribution in [3.63, 3.8) is 0 Å². The Balaban J connectivity index is 1.40. The van der Waals surface area contributed by atoms with Crippen molar-refractivity contribution in [2.24, 2.45) is 5.92 Å². The summed E-state index contributed by atoms with van der Waals surface area (Å²) < 4.78 is 5.78. The molecule has 7 heteroatoms. The van der Waals surface area contributed by atoms with E-state index in [2.05, 4.69) is 34.2 Å². The van der Waals surface area contributed by atoms with Crippen molar-refractivity contribution in [1.29, 1.82) is 0 Å². The van der Waals surface area contributed by atoms with Crippen LogP contribution in [0.2, 0.25) is 0 Å². The van der Waals surface area contributed by atoms with Crippen LogP contribution < -0.4 is 0 Å². The van der Waals surface area contributed by atoms with Crippen LogP contribution in [0, 0.1) is 12.8 Å². The molecule has 3 heterocycles. The van der Waals surface area contributed by atoms with Crippen molar-refractivity contribution in [1.82, 2.24) is 20.1 Å². The smallest absolute Gasteiger partial charge is 0.226 e. The summed E-state index contributed by atoms with van der Waals surface area (Å²) in [6, 6.07) is 4.30. The van der Waals surface area contributed by atoms with Gasteiger partial charge in [-0.3, -0.25) is 9.89 Å². The van der Waals surface area contributed by atoms with E-state index in [1.165, 1.54) is 9.75 Å². The Hall–Kier alpha value is -1.73. The number of aryl methyl sites for hydroxylation is 2. The molecule has 0 bridgehead atoms. The third kappa shape index (κ3) is 2.98. The molecule has 128 valence electrons. The minimum Gasteiger partial charge on any atom is -0.366 e. The number of hydrogen-bond acceptors (Lipinski definition) is 5. The number of rotatable bonds is 4. The zero-order chi connectivity index (χ0) is 16.7. The van der Waals surface area contributed by atoms with Gasteiger partial charge < -0.3 is 9.64 Å². The quantitative estimate of drug-likeness (QED) is 0.923. The molecule has 1 saturated carbocycles. The third-order valence-corrected chi connectivity index (χ3v) is 5.92. The molecule has 0 radical (unpaired) electrons. The van der Waals surface area contributed by atoms with Gasteiger partial charge in [0.1, 0.15) is 11.9 Å². The molecule has 3 unspecified atom stereocenters. The molecule has 1 amide bonds. The molecule has 1 N–H and O–H groups in total. The lowest BCUT2D eigenvalue weighted by molar-refractivity contribution is -0.140. The SMILES string of the molecule is CCc1nc(C2CN(C(=O)C3CC3c3ccc(C)s3)CCO2)n[nH]1. The zero-order valence-electron chi connectivity index (χ0n) is 14.0. The van der Waals surface area contributed by atoms with E-state index in [9.17, 15) is 4.79 Å². The number of aromatic nitrogens is 3. The van der Waals surface area contributed by atoms with E-state index in [1.54, 1.807) is 0 Å². The summed E-state index contributed by atoms with van der Waals surface area (Å²) in [5.74, 6) is 2.32. The largest absolute Gasteiger partial charge is 0.366 e. The number of amides is 1. The van der Waals surface area contributed by atoms with Gasteiger partial charge in [0.2, 0.25) is 5.91 Å². The number of ether oxygens (including phenoxy) is 1. The van der Waals surface area contributed by atoms with Crippen LogP contribution in [0.3, 0.4) is 0 Å². The van der Waals surface area contributed by atoms with Gasteiger partial charge in [0.25, 0.3) is 0 Å². The molecule has 2 aromatic rings. The van der Waals surface area contributed by atoms with Crippen LogP contribution in [-0.2, 0) is 16.0 Å². The van der Waals surface area contributed by atoms with E-state index in [0.717, 1.165) is 18.7 Å². The molecule has 24 heavy (non-hydrogen) atoms. The molecule has 0 spiro atoms. The Kier molecular flexibility index (Phi) is 4.14. The van der Waals surface area contributed by atoms with Crippen molar-refractivity contribution in [3.8, 4) is 0 Å². The summed E-state index contributed by atoms with van der Waals surface area (Å²) in [5.41, 5.74) is 0. The molecular weight excluding hydrogens is 324 g/mol. The zero-order valence-corrected chi connectivity index (χ0v) is 14.8. The van der Waals surface area contributed by atoms with Gasteiger partial charge in [0, 0.05) is 34.6 Å². The van der Waals surface area contributed by atoms with E-state index in [1.807, 2.05) is 23.2 Å². The average molecular weight is 346 g/mol. The fourth-order valence-corrected chi connectivity index (χ4v) is 4.34. The van der Waals surface area contributed by atoms with Crippen LogP contribution in [0.25, 0.3) is 0 Å². The van der Waals surface area contributed by atoms with Crippen molar-refractivity contribution in [2.45, 2.75) is 38.7 Å². The van der Waals surface area contributed by atoms with Gasteiger partial charge in [-0.1, -0.05) is 6.92 Å². The molecule has 6 nitrogen and oxygen atoms in total. The van der Waals surface area contributed by atoms with E-state index in [0.29, 0.717) is 31.4 Å². The fraction of sp³-hybridized carbons (Fsp3) is 0.588. The molecule has 1 aliphatic heterocycles. The van der Waals surface area contributed by atoms with Gasteiger partial charge in [0.15, 0.2) is 5.82 Å². The van der Waals surface area contributed by atoms with Gasteiger partial charge in [0.05, 0.1) is 13.2 Å². The minimum atomic E-state index is -0.222. The van der Waals surface area contributed by atoms with Crippen LogP contribution in [0.4, 0.5) is 0 Å². The number of nitrogens with one attached hydrogen (secondary N) is 1. The molecule has 2 aromatic heterocycles. The highest BCUT2D eigenvalue weighted by atomic mass is 32.1. The Labute approximate surface area is 145 Å². The molecule has 1 saturated heterocycles. The number of carbonyl (C=O) groups excluding carboxylic acids is 1. The van der Waals surface area contributed by atoms with Gasteiger partial charge in [-0.2, -0.15) is 5.10 Å². The van der Waals surface area contributed by atoms with Crippen LogP contribution in [0.5, 0.6) is 0 Å². The maximum absolute atomic E-state index is 12.8. The van der Waals surface area contributed by atoms with Gasteiger partial charge in [-0.05, 0) is 25.5 Å². The first kappa shape index (κ1) is 15.8. The second-order valence-corrected chi connectivity index (χ2v) is 7.85. The lowest BCUT2D eigenvalue weighted by atomic mass is 10.2. The van der Waals surface area contributed by atoms with Gasteiger partial charge >= 0.3 is 0 Å². The molecule has 0 aromatic carbocycles. The molecular formula is C17H22N4O2S. The Morgan fingerprint density at radius 3 is 3.08 bits per heavy atom. The number of H-pyrrole nitrogens is 1. The van der Waals surface area contributed by atoms with Crippen molar-refractivity contribution in [2.75, 3.05) is 19.7 Å². The third-order valence-electron chi connectivity index (χ3n) is 4.78. The Bertz CT molecular complexity index is 741. The standard InChI is InChI=1S/C17H22N4O2S/c1-3-15-18-16(20-19-15)13-9-21(6-7-23-13)17(22)12-8-11(12)14-5-4-10(2)24-14/h4-5,11-13H,3,6-9H2,1-2H3,(H,18,19,20). The summed E-state index contributed by atoms with van der Waals surface area (Å²) in [6.45, 7) is 5.89. The van der Waals surface area contributed by atoms with Crippen LogP contribution in [0.15, 0.2) is 12.1 Å². The summed E-state index contributed by atoms with van der Waals surface area (Å²) in [6.07, 6.45) is 1.56. The fourth-order valence-electron chi connectivity index (χ4n) is 3.29. The van der Waals surface area contributed by atoms with E-state index < -0.39 is 0 Å². The van der Waals surface area contributed by atoms with Gasteiger partial charge in [-0.25, -0.2) is 4.98 Å². The normalized spacial score (nSPS) is 26.6. The number of morpholine rings is 1. The number of aromatic amines is 1. The maximum Gasteiger partial charge on any atom is 0.226 e. The topological polar surface area (TPSA) is 71.1 Å². The van der Waals surface area contributed by atoms with Gasteiger partial charge in [-0.15, -0.1) is 11.3 Å². The monoisotopic (exact) mass is 346 g/mol. The predicted octanol–water partition coefficient (Wildman–Crippen LogP) is 2.44. The highest BCUT2D eigenvalue weighted by molar-refractivity contribution is 7.12. The van der Waals surface area contributed by atoms with Crippen molar-refractivity contribution >= 4 is 17.2 Å². The van der Waals surface area contributed by atoms with Crippen LogP contribution in [0.1, 0.15) is 46.8 Å². The van der Waals surface area contributed by atoms with Crippen LogP contribution >= 0.6 is 11.3 Å². The molecule has 2 fully saturated rings. The van der Waals surface area contributed by atoms with Crippen molar-refractivity contribution < 1.29 is 9.53 Å². The molecule has 4 rings (SSSR count). The highest BCUT2D eigenvalue weighted by Crippen LogP contribution is 2.50. The summed E-state index contributed by atoms with van der Waals surface area (Å²) in [7, 11) is 0. The van der Waals surface area contributed by atoms with E-state index in [4.69, 9.17) is 4.74 Å². The minimum absolute atomic E-state index is 0.139. The van der Waals surface area contributed by atoms with Crippen molar-refractivity contribution in [3.05, 3.63) is 33.5 Å². The summed E-state index contributed by atoms with van der Waals surface area (Å²) in [4.78, 5) is 21.8. The lowest BCUT2D eigenvalue weighted by Crippen LogP contribution is -2.43. The second-order valence-electron chi connectivity index (χ2n) is 6.53. The number of nitrogens with zero attached hydrogens (tertiary/aromatic N) is 3. The number of carbonyl (C=O) groups is 1. The number of thiophene rings is 1. The molecule has 1 aliphatic carbocycles. The lowest BCUT2D eigenvalue weighted by Gasteiger charge is -2.31.